The number of hydrogen-bond acceptors (Lipinski definition) is 2. The van der Waals surface area contributed by atoms with Gasteiger partial charge in [-0.3, -0.25) is 4.90 Å². The van der Waals surface area contributed by atoms with Crippen LogP contribution in [0.4, 0.5) is 4.39 Å². The Morgan fingerprint density at radius 2 is 2.00 bits per heavy atom. The predicted octanol–water partition coefficient (Wildman–Crippen LogP) is 2.43. The minimum atomic E-state index is -0.160. The minimum Gasteiger partial charge on any atom is -0.373 e. The van der Waals surface area contributed by atoms with Gasteiger partial charge >= 0.3 is 0 Å². The van der Waals surface area contributed by atoms with Crippen LogP contribution in [0.5, 0.6) is 0 Å². The van der Waals surface area contributed by atoms with Crippen molar-refractivity contribution in [3.8, 4) is 0 Å². The zero-order valence-corrected chi connectivity index (χ0v) is 9.82. The highest BCUT2D eigenvalue weighted by atomic mass is 19.1. The van der Waals surface area contributed by atoms with Crippen LogP contribution in [-0.2, 0) is 11.3 Å². The topological polar surface area (TPSA) is 12.5 Å². The van der Waals surface area contributed by atoms with Gasteiger partial charge in [0.15, 0.2) is 0 Å². The van der Waals surface area contributed by atoms with Gasteiger partial charge in [-0.2, -0.15) is 0 Å². The second-order valence-electron chi connectivity index (χ2n) is 4.58. The van der Waals surface area contributed by atoms with E-state index in [1.165, 1.54) is 6.07 Å². The van der Waals surface area contributed by atoms with Gasteiger partial charge in [-0.05, 0) is 31.5 Å². The molecule has 2 unspecified atom stereocenters. The van der Waals surface area contributed by atoms with E-state index in [1.54, 1.807) is 12.1 Å². The Bertz CT molecular complexity index is 346. The maximum atomic E-state index is 13.0. The molecule has 0 N–H and O–H groups in total. The molecule has 0 bridgehead atoms. The number of benzene rings is 1. The molecule has 0 aliphatic carbocycles. The number of morpholine rings is 1. The quantitative estimate of drug-likeness (QED) is 0.763. The van der Waals surface area contributed by atoms with E-state index in [0.717, 1.165) is 25.2 Å². The first kappa shape index (κ1) is 11.6. The van der Waals surface area contributed by atoms with Gasteiger partial charge in [0, 0.05) is 19.6 Å². The molecule has 0 spiro atoms. The molecule has 0 aromatic heterocycles. The summed E-state index contributed by atoms with van der Waals surface area (Å²) in [5.41, 5.74) is 1.03. The van der Waals surface area contributed by atoms with Crippen molar-refractivity contribution in [2.45, 2.75) is 32.6 Å². The second kappa shape index (κ2) is 4.93. The number of rotatable bonds is 2. The smallest absolute Gasteiger partial charge is 0.123 e. The molecule has 3 heteroatoms. The molecule has 1 aliphatic rings. The Balaban J connectivity index is 1.98. The van der Waals surface area contributed by atoms with Crippen LogP contribution in [0.3, 0.4) is 0 Å². The summed E-state index contributed by atoms with van der Waals surface area (Å²) in [6.45, 7) is 6.79. The van der Waals surface area contributed by atoms with E-state index in [9.17, 15) is 4.39 Å². The lowest BCUT2D eigenvalue weighted by atomic mass is 10.1. The van der Waals surface area contributed by atoms with Crippen molar-refractivity contribution in [2.24, 2.45) is 0 Å². The Morgan fingerprint density at radius 1 is 1.31 bits per heavy atom. The molecule has 2 rings (SSSR count). The molecule has 1 aromatic rings. The van der Waals surface area contributed by atoms with Gasteiger partial charge in [-0.25, -0.2) is 4.39 Å². The van der Waals surface area contributed by atoms with Gasteiger partial charge in [0.05, 0.1) is 12.2 Å². The largest absolute Gasteiger partial charge is 0.373 e. The zero-order valence-electron chi connectivity index (χ0n) is 9.82. The average molecular weight is 223 g/mol. The molecule has 2 nitrogen and oxygen atoms in total. The predicted molar refractivity (Wildman–Crippen MR) is 61.7 cm³/mol. The molecule has 0 saturated carbocycles. The van der Waals surface area contributed by atoms with Crippen molar-refractivity contribution >= 4 is 0 Å². The summed E-state index contributed by atoms with van der Waals surface area (Å²) in [4.78, 5) is 2.31. The Labute approximate surface area is 96.0 Å². The summed E-state index contributed by atoms with van der Waals surface area (Å²) >= 11 is 0. The first-order valence-electron chi connectivity index (χ1n) is 5.76. The summed E-state index contributed by atoms with van der Waals surface area (Å²) in [5.74, 6) is -0.160. The minimum absolute atomic E-state index is 0.160. The van der Waals surface area contributed by atoms with E-state index in [-0.39, 0.29) is 18.0 Å². The van der Waals surface area contributed by atoms with Crippen LogP contribution >= 0.6 is 0 Å². The summed E-state index contributed by atoms with van der Waals surface area (Å²) in [6, 6.07) is 6.81. The molecule has 88 valence electrons. The van der Waals surface area contributed by atoms with E-state index >= 15 is 0 Å². The van der Waals surface area contributed by atoms with Crippen LogP contribution in [0.25, 0.3) is 0 Å². The summed E-state index contributed by atoms with van der Waals surface area (Å²) < 4.78 is 18.7. The number of hydrogen-bond donors (Lipinski definition) is 0. The third-order valence-corrected chi connectivity index (χ3v) is 2.79. The molecule has 1 aliphatic heterocycles. The Kier molecular flexibility index (Phi) is 3.56. The van der Waals surface area contributed by atoms with E-state index < -0.39 is 0 Å². The highest BCUT2D eigenvalue weighted by Crippen LogP contribution is 2.14. The molecule has 2 atom stereocenters. The Morgan fingerprint density at radius 3 is 2.62 bits per heavy atom. The van der Waals surface area contributed by atoms with Crippen LogP contribution < -0.4 is 0 Å². The molecular weight excluding hydrogens is 205 g/mol. The van der Waals surface area contributed by atoms with Gasteiger partial charge in [0.25, 0.3) is 0 Å². The van der Waals surface area contributed by atoms with Crippen molar-refractivity contribution in [3.05, 3.63) is 35.6 Å². The summed E-state index contributed by atoms with van der Waals surface area (Å²) in [5, 5.41) is 0. The van der Waals surface area contributed by atoms with Gasteiger partial charge in [-0.1, -0.05) is 12.1 Å². The molecule has 1 saturated heterocycles. The van der Waals surface area contributed by atoms with Crippen molar-refractivity contribution in [3.63, 3.8) is 0 Å². The highest BCUT2D eigenvalue weighted by Gasteiger charge is 2.21. The third kappa shape index (κ3) is 3.03. The normalized spacial score (nSPS) is 26.9. The maximum absolute atomic E-state index is 13.0. The first-order chi connectivity index (χ1) is 7.63. The SMILES string of the molecule is CC1CN(Cc2cccc(F)c2)CC(C)O1. The molecule has 1 fully saturated rings. The van der Waals surface area contributed by atoms with Crippen LogP contribution in [0, 0.1) is 5.82 Å². The number of nitrogens with zero attached hydrogens (tertiary/aromatic N) is 1. The van der Waals surface area contributed by atoms with Crippen LogP contribution in [-0.4, -0.2) is 30.2 Å². The van der Waals surface area contributed by atoms with Crippen molar-refractivity contribution < 1.29 is 9.13 Å². The fraction of sp³-hybridized carbons (Fsp3) is 0.538. The molecule has 16 heavy (non-hydrogen) atoms. The van der Waals surface area contributed by atoms with E-state index in [1.807, 2.05) is 6.07 Å². The fourth-order valence-electron chi connectivity index (χ4n) is 2.31. The van der Waals surface area contributed by atoms with Crippen LogP contribution in [0.1, 0.15) is 19.4 Å². The fourth-order valence-corrected chi connectivity index (χ4v) is 2.31. The lowest BCUT2D eigenvalue weighted by Crippen LogP contribution is -2.44. The lowest BCUT2D eigenvalue weighted by Gasteiger charge is -2.35. The van der Waals surface area contributed by atoms with Gasteiger partial charge in [-0.15, -0.1) is 0 Å². The molecular formula is C13H18FNO. The summed E-state index contributed by atoms with van der Waals surface area (Å²) in [7, 11) is 0. The van der Waals surface area contributed by atoms with Crippen LogP contribution in [0.15, 0.2) is 24.3 Å². The van der Waals surface area contributed by atoms with E-state index in [2.05, 4.69) is 18.7 Å². The molecule has 0 amide bonds. The molecule has 1 heterocycles. The van der Waals surface area contributed by atoms with Crippen molar-refractivity contribution in [1.29, 1.82) is 0 Å². The van der Waals surface area contributed by atoms with Gasteiger partial charge in [0.1, 0.15) is 5.82 Å². The van der Waals surface area contributed by atoms with E-state index in [0.29, 0.717) is 0 Å². The lowest BCUT2D eigenvalue weighted by molar-refractivity contribution is -0.0705. The van der Waals surface area contributed by atoms with Gasteiger partial charge in [0.2, 0.25) is 0 Å². The monoisotopic (exact) mass is 223 g/mol. The highest BCUT2D eigenvalue weighted by molar-refractivity contribution is 5.16. The average Bonchev–Trinajstić information content (AvgIpc) is 2.15. The van der Waals surface area contributed by atoms with Gasteiger partial charge < -0.3 is 4.74 Å². The zero-order chi connectivity index (χ0) is 11.5. The molecule has 0 radical (unpaired) electrons. The summed E-state index contributed by atoms with van der Waals surface area (Å²) in [6.07, 6.45) is 0.523. The maximum Gasteiger partial charge on any atom is 0.123 e. The van der Waals surface area contributed by atoms with Crippen LogP contribution in [0.2, 0.25) is 0 Å². The first-order valence-corrected chi connectivity index (χ1v) is 5.76. The third-order valence-electron chi connectivity index (χ3n) is 2.79. The molecule has 1 aromatic carbocycles. The van der Waals surface area contributed by atoms with E-state index in [4.69, 9.17) is 4.74 Å². The second-order valence-corrected chi connectivity index (χ2v) is 4.58. The van der Waals surface area contributed by atoms with Crippen molar-refractivity contribution in [1.82, 2.24) is 4.90 Å². The standard InChI is InChI=1S/C13H18FNO/c1-10-7-15(8-11(2)16-10)9-12-4-3-5-13(14)6-12/h3-6,10-11H,7-9H2,1-2H3. The van der Waals surface area contributed by atoms with Crippen molar-refractivity contribution in [2.75, 3.05) is 13.1 Å². The number of halogens is 1. The Hall–Kier alpha value is -0.930. The number of ether oxygens (including phenoxy) is 1.